The predicted octanol–water partition coefficient (Wildman–Crippen LogP) is 18.2. The van der Waals surface area contributed by atoms with Crippen LogP contribution in [-0.2, 0) is 23.7 Å². The van der Waals surface area contributed by atoms with Crippen molar-refractivity contribution in [2.75, 3.05) is 73.2 Å². The second kappa shape index (κ2) is 36.1. The molecule has 584 valence electrons. The summed E-state index contributed by atoms with van der Waals surface area (Å²) >= 11 is 29.9. The summed E-state index contributed by atoms with van der Waals surface area (Å²) in [6, 6.07) is 41.8. The Bertz CT molecular complexity index is 5690. The molecule has 0 unspecified atom stereocenters. The number of aromatic hydroxyl groups is 1. The first-order chi connectivity index (χ1) is 55.9. The van der Waals surface area contributed by atoms with Gasteiger partial charge in [-0.05, 0) is 197 Å². The van der Waals surface area contributed by atoms with Gasteiger partial charge in [-0.3, -0.25) is 9.78 Å². The Morgan fingerprint density at radius 1 is 0.395 bits per heavy atom. The highest BCUT2D eigenvalue weighted by Gasteiger charge is 2.30. The van der Waals surface area contributed by atoms with E-state index in [2.05, 4.69) is 45.7 Å². The molecule has 29 heteroatoms. The minimum absolute atomic E-state index is 0.110. The molecule has 0 amide bonds. The molecule has 15 heterocycles. The lowest BCUT2D eigenvalue weighted by atomic mass is 9.93. The smallest absolute Gasteiger partial charge is 0.248 e. The Labute approximate surface area is 680 Å². The van der Waals surface area contributed by atoms with Crippen LogP contribution < -0.4 is 10.3 Å². The number of aromatic nitrogens is 16. The number of aromatic amines is 1. The summed E-state index contributed by atoms with van der Waals surface area (Å²) in [7, 11) is 1.63. The summed E-state index contributed by atoms with van der Waals surface area (Å²) in [6.45, 7) is 7.71. The number of hydrogen-bond acceptors (Lipinski definition) is 18. The summed E-state index contributed by atoms with van der Waals surface area (Å²) < 4.78 is 42.3. The second-order valence-corrected chi connectivity index (χ2v) is 30.5. The molecular formula is C85H81Cl5N16O8. The summed E-state index contributed by atoms with van der Waals surface area (Å²) in [6.07, 6.45) is 25.5. The molecular weight excluding hydrogens is 1550 g/mol. The third-order valence-electron chi connectivity index (χ3n) is 21.3. The van der Waals surface area contributed by atoms with Gasteiger partial charge in [-0.1, -0.05) is 58.0 Å². The van der Waals surface area contributed by atoms with Crippen molar-refractivity contribution in [3.8, 4) is 40.1 Å². The van der Waals surface area contributed by atoms with Gasteiger partial charge >= 0.3 is 0 Å². The average molecular weight is 1630 g/mol. The number of halogens is 5. The molecule has 5 aliphatic heterocycles. The quantitative estimate of drug-likeness (QED) is 0.122. The third-order valence-corrected chi connectivity index (χ3v) is 22.6. The lowest BCUT2D eigenvalue weighted by Gasteiger charge is -2.21. The summed E-state index contributed by atoms with van der Waals surface area (Å²) in [5.41, 5.74) is 16.6. The number of pyridine rings is 3. The largest absolute Gasteiger partial charge is 0.506 e. The van der Waals surface area contributed by atoms with Crippen molar-refractivity contribution >= 4 is 113 Å². The van der Waals surface area contributed by atoms with E-state index in [1.165, 1.54) is 11.8 Å². The number of ether oxygens (including phenoxy) is 6. The molecule has 5 saturated heterocycles. The Hall–Kier alpha value is -10.2. The second-order valence-electron chi connectivity index (χ2n) is 28.4. The molecule has 0 saturated carbocycles. The number of methoxy groups -OCH3 is 1. The zero-order chi connectivity index (χ0) is 78.0. The molecule has 0 aliphatic carbocycles. The lowest BCUT2D eigenvalue weighted by Crippen LogP contribution is -2.15. The van der Waals surface area contributed by atoms with Crippen LogP contribution >= 0.6 is 58.0 Å². The van der Waals surface area contributed by atoms with E-state index < -0.39 is 0 Å². The minimum Gasteiger partial charge on any atom is -0.506 e. The van der Waals surface area contributed by atoms with Crippen molar-refractivity contribution < 1.29 is 33.5 Å². The fraction of sp³-hybridized carbons (Fsp3) is 0.306. The van der Waals surface area contributed by atoms with Crippen LogP contribution in [0.3, 0.4) is 0 Å². The van der Waals surface area contributed by atoms with Crippen molar-refractivity contribution in [2.24, 2.45) is 0 Å². The maximum Gasteiger partial charge on any atom is 0.248 e. The molecule has 2 N–H and O–H groups in total. The van der Waals surface area contributed by atoms with Crippen molar-refractivity contribution in [3.05, 3.63) is 253 Å². The summed E-state index contributed by atoms with van der Waals surface area (Å²) in [4.78, 5) is 40.3. The summed E-state index contributed by atoms with van der Waals surface area (Å²) in [5.74, 6) is 2.66. The fourth-order valence-electron chi connectivity index (χ4n) is 15.4. The van der Waals surface area contributed by atoms with Crippen LogP contribution in [0.5, 0.6) is 11.6 Å². The number of rotatable bonds is 11. The van der Waals surface area contributed by atoms with Gasteiger partial charge in [0.2, 0.25) is 11.4 Å². The van der Waals surface area contributed by atoms with Gasteiger partial charge in [0.15, 0.2) is 0 Å². The monoisotopic (exact) mass is 1630 g/mol. The first kappa shape index (κ1) is 77.7. The van der Waals surface area contributed by atoms with E-state index in [1.54, 1.807) is 38.2 Å². The number of benzene rings is 5. The van der Waals surface area contributed by atoms with Gasteiger partial charge in [-0.25, -0.2) is 43.6 Å². The molecule has 10 aromatic heterocycles. The zero-order valence-corrected chi connectivity index (χ0v) is 66.1. The van der Waals surface area contributed by atoms with Crippen molar-refractivity contribution in [2.45, 2.75) is 93.8 Å². The number of nitrogens with zero attached hydrogens (tertiary/aromatic N) is 15. The maximum absolute atomic E-state index is 11.8. The minimum atomic E-state index is -0.110. The molecule has 0 spiro atoms. The molecule has 0 atom stereocenters. The van der Waals surface area contributed by atoms with Gasteiger partial charge in [0.05, 0.1) is 117 Å². The molecule has 24 nitrogen and oxygen atoms in total. The average Bonchev–Trinajstić information content (AvgIpc) is 1.64. The van der Waals surface area contributed by atoms with E-state index in [9.17, 15) is 9.90 Å². The highest BCUT2D eigenvalue weighted by Crippen LogP contribution is 2.41. The van der Waals surface area contributed by atoms with Crippen molar-refractivity contribution in [1.29, 1.82) is 0 Å². The third kappa shape index (κ3) is 17.4. The number of nitrogens with one attached hydrogen (secondary N) is 1. The molecule has 0 radical (unpaired) electrons. The zero-order valence-electron chi connectivity index (χ0n) is 62.3. The molecule has 5 aromatic carbocycles. The van der Waals surface area contributed by atoms with E-state index in [0.29, 0.717) is 49.6 Å². The number of fused-ring (bicyclic) bond motifs is 5. The van der Waals surface area contributed by atoms with Gasteiger partial charge in [0.25, 0.3) is 0 Å². The van der Waals surface area contributed by atoms with Crippen LogP contribution in [0.2, 0.25) is 25.1 Å². The lowest BCUT2D eigenvalue weighted by molar-refractivity contribution is 0.0845. The number of H-pyrrole nitrogens is 1. The topological polar surface area (TPSA) is 262 Å². The summed E-state index contributed by atoms with van der Waals surface area (Å²) in [5, 5.41) is 36.0. The molecule has 20 rings (SSSR count). The number of hydrogen-bond donors (Lipinski definition) is 2. The van der Waals surface area contributed by atoms with Crippen molar-refractivity contribution in [3.63, 3.8) is 0 Å². The van der Waals surface area contributed by atoms with Crippen LogP contribution in [-0.4, -0.2) is 157 Å². The Morgan fingerprint density at radius 3 is 1.25 bits per heavy atom. The van der Waals surface area contributed by atoms with Crippen LogP contribution in [0.4, 0.5) is 0 Å². The SMILES string of the molecule is COc1cc2c(C3CCOCC3)nn(-c3ccc(Cl)cc3)c2cn1.Clc1ccc(-n2cc(C3CCOCC3)c3ncncc32)cc1.Clc1ccc(-n2nc(C3CCOCC3)c3ncncc32)cc1.O=c1cc2c(C3CCOCC3)nn(-c3ccc(Cl)cc3)c2c[nH]1.Oc1cncc2c1c(C1CCOCC1)nn2-c1ccc(Cl)cc1. The fourth-order valence-corrected chi connectivity index (χ4v) is 16.1. The highest BCUT2D eigenvalue weighted by atomic mass is 35.5. The van der Waals surface area contributed by atoms with Crippen LogP contribution in [0.1, 0.15) is 122 Å². The van der Waals surface area contributed by atoms with Gasteiger partial charge < -0.3 is 43.1 Å². The molecule has 5 aliphatic rings. The predicted molar refractivity (Wildman–Crippen MR) is 442 cm³/mol. The Balaban J connectivity index is 0.000000107. The maximum atomic E-state index is 11.8. The van der Waals surface area contributed by atoms with Gasteiger partial charge in [-0.2, -0.15) is 20.4 Å². The van der Waals surface area contributed by atoms with Crippen LogP contribution in [0, 0.1) is 0 Å². The van der Waals surface area contributed by atoms with Crippen LogP contribution in [0.25, 0.3) is 83.2 Å². The van der Waals surface area contributed by atoms with Gasteiger partial charge in [-0.15, -0.1) is 0 Å². The van der Waals surface area contributed by atoms with Crippen molar-refractivity contribution in [1.82, 2.24) is 78.6 Å². The van der Waals surface area contributed by atoms with Gasteiger partial charge in [0.1, 0.15) is 29.4 Å². The first-order valence-electron chi connectivity index (χ1n) is 38.2. The molecule has 114 heavy (non-hydrogen) atoms. The molecule has 15 aromatic rings. The van der Waals surface area contributed by atoms with Crippen LogP contribution in [0.15, 0.2) is 194 Å². The highest BCUT2D eigenvalue weighted by molar-refractivity contribution is 6.31. The van der Waals surface area contributed by atoms with E-state index in [1.807, 2.05) is 165 Å². The van der Waals surface area contributed by atoms with E-state index in [-0.39, 0.29) is 17.2 Å². The standard InChI is InChI=1S/C18H18ClN3O2.2C17H16ClN3O2.C17H16ClN3O.C16H15ClN4O/c1-23-17-10-15-16(11-20-17)22(14-4-2-13(19)3-5-14)21-18(15)12-6-8-24-9-7-12;18-12-1-3-13(4-2-12)21-14-9-19-10-15(22)16(14)17(20-21)11-5-7-23-8-6-11;18-12-1-3-13(4-2-12)21-15-10-19-16(22)9-14(15)17(20-21)11-5-7-23-8-6-11;18-13-1-3-14(4-2-13)21-10-15(12-5-7-22-8-6-12)17-16(21)9-19-11-20-17;17-12-1-3-13(4-2-12)21-14-9-18-10-19-16(14)15(20-21)11-5-7-22-8-6-11/h2-5,10-12H,6-9H2,1H3;1-4,9-11,22H,5-8H2;1-4,9-11H,5-8H2,(H,19,22);1-4,9-12H,5-8H2;1-4,9-11H,5-8H2. The Kier molecular flexibility index (Phi) is 24.6. The molecule has 0 bridgehead atoms. The van der Waals surface area contributed by atoms with E-state index >= 15 is 0 Å². The van der Waals surface area contributed by atoms with E-state index in [4.69, 9.17) is 107 Å². The molecule has 5 fully saturated rings. The van der Waals surface area contributed by atoms with Gasteiger partial charge in [0, 0.05) is 156 Å². The normalized spacial score (nSPS) is 16.1. The van der Waals surface area contributed by atoms with E-state index in [0.717, 1.165) is 241 Å². The first-order valence-corrected chi connectivity index (χ1v) is 40.0. The Morgan fingerprint density at radius 2 is 0.772 bits per heavy atom.